The van der Waals surface area contributed by atoms with Crippen LogP contribution < -0.4 is 10.5 Å². The Kier molecular flexibility index (Phi) is 7.52. The number of nitrogens with zero attached hydrogens (tertiary/aromatic N) is 3. The number of aromatic amines is 1. The third-order valence-electron chi connectivity index (χ3n) is 6.19. The Hall–Kier alpha value is -3.06. The van der Waals surface area contributed by atoms with E-state index < -0.39 is 0 Å². The minimum Gasteiger partial charge on any atom is -0.340 e. The number of piperazine rings is 1. The van der Waals surface area contributed by atoms with Crippen molar-refractivity contribution in [1.29, 1.82) is 0 Å². The van der Waals surface area contributed by atoms with Gasteiger partial charge < -0.3 is 4.90 Å². The van der Waals surface area contributed by atoms with E-state index in [1.807, 2.05) is 24.3 Å². The zero-order valence-corrected chi connectivity index (χ0v) is 20.9. The van der Waals surface area contributed by atoms with E-state index in [-0.39, 0.29) is 11.6 Å². The van der Waals surface area contributed by atoms with Crippen molar-refractivity contribution in [3.8, 4) is 0 Å². The van der Waals surface area contributed by atoms with Crippen LogP contribution in [0.5, 0.6) is 0 Å². The molecule has 0 amide bonds. The van der Waals surface area contributed by atoms with Crippen LogP contribution in [0.2, 0.25) is 5.02 Å². The number of thioether (sulfide) groups is 1. The number of halogens is 1. The minimum absolute atomic E-state index is 0.115. The first-order valence-electron chi connectivity index (χ1n) is 11.7. The highest BCUT2D eigenvalue weighted by molar-refractivity contribution is 7.98. The van der Waals surface area contributed by atoms with Gasteiger partial charge in [-0.3, -0.25) is 14.7 Å². The standard InChI is InChI=1S/C28H27ClN4OS/c29-23-11-13-25(14-12-23)35-20-24-19-26(34)31-28(30-24)33-17-15-32(16-18-33)27(21-7-3-1-4-8-21)22-9-5-2-6-10-22/h1-14,19,27H,15-18,20H2,(H,30,31,34). The van der Waals surface area contributed by atoms with E-state index in [0.717, 1.165) is 36.8 Å². The van der Waals surface area contributed by atoms with E-state index in [0.29, 0.717) is 16.7 Å². The normalized spacial score (nSPS) is 14.4. The van der Waals surface area contributed by atoms with Crippen molar-refractivity contribution in [3.63, 3.8) is 0 Å². The summed E-state index contributed by atoms with van der Waals surface area (Å²) in [6.45, 7) is 3.35. The quantitative estimate of drug-likeness (QED) is 0.332. The van der Waals surface area contributed by atoms with Crippen LogP contribution in [0.25, 0.3) is 0 Å². The molecule has 7 heteroatoms. The van der Waals surface area contributed by atoms with Crippen molar-refractivity contribution in [2.24, 2.45) is 0 Å². The van der Waals surface area contributed by atoms with Gasteiger partial charge in [-0.1, -0.05) is 72.3 Å². The summed E-state index contributed by atoms with van der Waals surface area (Å²) in [5.74, 6) is 1.28. The average molecular weight is 503 g/mol. The molecule has 5 nitrogen and oxygen atoms in total. The minimum atomic E-state index is -0.115. The van der Waals surface area contributed by atoms with Gasteiger partial charge in [0.2, 0.25) is 5.95 Å². The highest BCUT2D eigenvalue weighted by Crippen LogP contribution is 2.30. The van der Waals surface area contributed by atoms with Crippen molar-refractivity contribution in [3.05, 3.63) is 123 Å². The Morgan fingerprint density at radius 1 is 0.857 bits per heavy atom. The monoisotopic (exact) mass is 502 g/mol. The van der Waals surface area contributed by atoms with Gasteiger partial charge in [-0.05, 0) is 35.4 Å². The molecule has 1 aliphatic heterocycles. The predicted molar refractivity (Wildman–Crippen MR) is 144 cm³/mol. The number of H-pyrrole nitrogens is 1. The molecule has 0 unspecified atom stereocenters. The van der Waals surface area contributed by atoms with Crippen LogP contribution in [0, 0.1) is 0 Å². The zero-order valence-electron chi connectivity index (χ0n) is 19.3. The predicted octanol–water partition coefficient (Wildman–Crippen LogP) is 5.63. The first-order valence-corrected chi connectivity index (χ1v) is 13.1. The van der Waals surface area contributed by atoms with E-state index in [4.69, 9.17) is 16.6 Å². The van der Waals surface area contributed by atoms with E-state index in [9.17, 15) is 4.79 Å². The maximum Gasteiger partial charge on any atom is 0.252 e. The highest BCUT2D eigenvalue weighted by atomic mass is 35.5. The number of hydrogen-bond donors (Lipinski definition) is 1. The molecule has 35 heavy (non-hydrogen) atoms. The van der Waals surface area contributed by atoms with Gasteiger partial charge in [0, 0.05) is 47.9 Å². The molecule has 1 saturated heterocycles. The lowest BCUT2D eigenvalue weighted by Crippen LogP contribution is -2.48. The van der Waals surface area contributed by atoms with Crippen molar-refractivity contribution in [1.82, 2.24) is 14.9 Å². The molecular weight excluding hydrogens is 476 g/mol. The maximum absolute atomic E-state index is 12.4. The second kappa shape index (κ2) is 11.1. The molecule has 0 spiro atoms. The van der Waals surface area contributed by atoms with Gasteiger partial charge in [-0.15, -0.1) is 11.8 Å². The van der Waals surface area contributed by atoms with Crippen LogP contribution in [-0.4, -0.2) is 41.0 Å². The van der Waals surface area contributed by atoms with Crippen molar-refractivity contribution in [2.75, 3.05) is 31.1 Å². The highest BCUT2D eigenvalue weighted by Gasteiger charge is 2.27. The Labute approximate surface area is 214 Å². The first-order chi connectivity index (χ1) is 17.2. The molecule has 2 heterocycles. The van der Waals surface area contributed by atoms with E-state index >= 15 is 0 Å². The fourth-order valence-electron chi connectivity index (χ4n) is 4.48. The average Bonchev–Trinajstić information content (AvgIpc) is 2.90. The lowest BCUT2D eigenvalue weighted by atomic mass is 9.96. The summed E-state index contributed by atoms with van der Waals surface area (Å²) in [6, 6.07) is 30.8. The van der Waals surface area contributed by atoms with Crippen LogP contribution in [0.1, 0.15) is 22.9 Å². The van der Waals surface area contributed by atoms with Crippen molar-refractivity contribution < 1.29 is 0 Å². The summed E-state index contributed by atoms with van der Waals surface area (Å²) in [5.41, 5.74) is 3.24. The van der Waals surface area contributed by atoms with Crippen molar-refractivity contribution in [2.45, 2.75) is 16.7 Å². The van der Waals surface area contributed by atoms with Crippen LogP contribution in [0.15, 0.2) is 101 Å². The Bertz CT molecular complexity index is 1250. The fourth-order valence-corrected chi connectivity index (χ4v) is 5.40. The first kappa shape index (κ1) is 23.7. The molecule has 178 valence electrons. The fraction of sp³-hybridized carbons (Fsp3) is 0.214. The smallest absolute Gasteiger partial charge is 0.252 e. The molecule has 0 bridgehead atoms. The van der Waals surface area contributed by atoms with Crippen LogP contribution in [-0.2, 0) is 5.75 Å². The number of benzene rings is 3. The molecule has 1 aromatic heterocycles. The zero-order chi connectivity index (χ0) is 24.0. The third-order valence-corrected chi connectivity index (χ3v) is 7.49. The van der Waals surface area contributed by atoms with Crippen LogP contribution >= 0.6 is 23.4 Å². The molecule has 0 atom stereocenters. The van der Waals surface area contributed by atoms with E-state index in [1.165, 1.54) is 11.1 Å². The van der Waals surface area contributed by atoms with Crippen molar-refractivity contribution >= 4 is 29.3 Å². The van der Waals surface area contributed by atoms with Gasteiger partial charge in [0.05, 0.1) is 11.7 Å². The van der Waals surface area contributed by atoms with E-state index in [2.05, 4.69) is 75.4 Å². The lowest BCUT2D eigenvalue weighted by molar-refractivity contribution is 0.211. The largest absolute Gasteiger partial charge is 0.340 e. The topological polar surface area (TPSA) is 52.2 Å². The van der Waals surface area contributed by atoms with Gasteiger partial charge >= 0.3 is 0 Å². The molecule has 0 radical (unpaired) electrons. The number of hydrogen-bond acceptors (Lipinski definition) is 5. The molecule has 1 aliphatic rings. The summed E-state index contributed by atoms with van der Waals surface area (Å²) in [4.78, 5) is 25.9. The SMILES string of the molecule is O=c1cc(CSc2ccc(Cl)cc2)nc(N2CCN(C(c3ccccc3)c3ccccc3)CC2)[nH]1. The van der Waals surface area contributed by atoms with Gasteiger partial charge in [0.1, 0.15) is 0 Å². The number of rotatable bonds is 7. The Morgan fingerprint density at radius 3 is 2.06 bits per heavy atom. The molecule has 3 aromatic carbocycles. The summed E-state index contributed by atoms with van der Waals surface area (Å²) in [6.07, 6.45) is 0. The Morgan fingerprint density at radius 2 is 1.46 bits per heavy atom. The molecule has 0 aliphatic carbocycles. The van der Waals surface area contributed by atoms with Gasteiger partial charge in [0.15, 0.2) is 0 Å². The summed E-state index contributed by atoms with van der Waals surface area (Å²) in [5, 5.41) is 0.715. The molecule has 5 rings (SSSR count). The van der Waals surface area contributed by atoms with E-state index in [1.54, 1.807) is 17.8 Å². The molecule has 1 fully saturated rings. The summed E-state index contributed by atoms with van der Waals surface area (Å²) < 4.78 is 0. The summed E-state index contributed by atoms with van der Waals surface area (Å²) >= 11 is 7.62. The van der Waals surface area contributed by atoms with Gasteiger partial charge in [-0.25, -0.2) is 4.98 Å². The van der Waals surface area contributed by atoms with Crippen LogP contribution in [0.3, 0.4) is 0 Å². The molecule has 0 saturated carbocycles. The van der Waals surface area contributed by atoms with Gasteiger partial charge in [0.25, 0.3) is 5.56 Å². The third kappa shape index (κ3) is 5.96. The van der Waals surface area contributed by atoms with Gasteiger partial charge in [-0.2, -0.15) is 0 Å². The summed E-state index contributed by atoms with van der Waals surface area (Å²) in [7, 11) is 0. The van der Waals surface area contributed by atoms with Crippen LogP contribution in [0.4, 0.5) is 5.95 Å². The molecular formula is C28H27ClN4OS. The lowest BCUT2D eigenvalue weighted by Gasteiger charge is -2.40. The molecule has 4 aromatic rings. The Balaban J connectivity index is 1.29. The number of anilines is 1. The number of aromatic nitrogens is 2. The maximum atomic E-state index is 12.4. The number of nitrogens with one attached hydrogen (secondary N) is 1. The molecule has 1 N–H and O–H groups in total. The second-order valence-electron chi connectivity index (χ2n) is 8.55. The second-order valence-corrected chi connectivity index (χ2v) is 10.0.